The number of hydrogen-bond donors (Lipinski definition) is 2. The predicted molar refractivity (Wildman–Crippen MR) is 127 cm³/mol. The third-order valence-electron chi connectivity index (χ3n) is 5.32. The SMILES string of the molecule is CCN(CC)S(=O)(=O)c1cc(NC(=O)[C@@H](C)OC(=O)c2n[nH]c(=O)c3ccccc23)ccc1C. The van der Waals surface area contributed by atoms with Gasteiger partial charge in [0.2, 0.25) is 10.0 Å². The van der Waals surface area contributed by atoms with E-state index in [9.17, 15) is 22.8 Å². The minimum absolute atomic E-state index is 0.0857. The van der Waals surface area contributed by atoms with E-state index in [1.807, 2.05) is 0 Å². The number of carbonyl (C=O) groups is 2. The summed E-state index contributed by atoms with van der Waals surface area (Å²) in [4.78, 5) is 37.3. The molecule has 1 aromatic heterocycles. The normalized spacial score (nSPS) is 12.5. The van der Waals surface area contributed by atoms with Crippen LogP contribution in [0.4, 0.5) is 5.69 Å². The third-order valence-corrected chi connectivity index (χ3v) is 7.51. The van der Waals surface area contributed by atoms with Crippen LogP contribution >= 0.6 is 0 Å². The minimum atomic E-state index is -3.73. The van der Waals surface area contributed by atoms with Crippen molar-refractivity contribution in [1.82, 2.24) is 14.5 Å². The maximum absolute atomic E-state index is 12.9. The van der Waals surface area contributed by atoms with Gasteiger partial charge in [0.15, 0.2) is 11.8 Å². The van der Waals surface area contributed by atoms with Crippen molar-refractivity contribution in [2.24, 2.45) is 0 Å². The lowest BCUT2D eigenvalue weighted by atomic mass is 10.1. The Morgan fingerprint density at radius 1 is 1.12 bits per heavy atom. The molecule has 1 heterocycles. The van der Waals surface area contributed by atoms with E-state index < -0.39 is 33.6 Å². The monoisotopic (exact) mass is 486 g/mol. The molecule has 0 aliphatic carbocycles. The summed E-state index contributed by atoms with van der Waals surface area (Å²) < 4.78 is 32.4. The van der Waals surface area contributed by atoms with Gasteiger partial charge < -0.3 is 10.1 Å². The quantitative estimate of drug-likeness (QED) is 0.466. The fourth-order valence-corrected chi connectivity index (χ4v) is 5.15. The second-order valence-corrected chi connectivity index (χ2v) is 9.46. The van der Waals surface area contributed by atoms with Gasteiger partial charge in [0.1, 0.15) is 0 Å². The number of esters is 1. The lowest BCUT2D eigenvalue weighted by Crippen LogP contribution is -2.32. The number of ether oxygens (including phenoxy) is 1. The highest BCUT2D eigenvalue weighted by Gasteiger charge is 2.26. The molecule has 0 unspecified atom stereocenters. The average Bonchev–Trinajstić information content (AvgIpc) is 2.81. The molecule has 2 N–H and O–H groups in total. The van der Waals surface area contributed by atoms with Crippen LogP contribution in [0.1, 0.15) is 36.8 Å². The molecule has 0 bridgehead atoms. The Labute approximate surface area is 197 Å². The molecule has 10 nitrogen and oxygen atoms in total. The summed E-state index contributed by atoms with van der Waals surface area (Å²) in [5.74, 6) is -1.54. The molecule has 0 fully saturated rings. The van der Waals surface area contributed by atoms with Gasteiger partial charge in [-0.3, -0.25) is 9.59 Å². The number of aromatic amines is 1. The molecule has 180 valence electrons. The summed E-state index contributed by atoms with van der Waals surface area (Å²) >= 11 is 0. The molecular weight excluding hydrogens is 460 g/mol. The molecular formula is C23H26N4O6S. The zero-order valence-electron chi connectivity index (χ0n) is 19.3. The van der Waals surface area contributed by atoms with Crippen molar-refractivity contribution in [2.75, 3.05) is 18.4 Å². The molecule has 3 aromatic rings. The van der Waals surface area contributed by atoms with Crippen LogP contribution in [-0.2, 0) is 19.6 Å². The van der Waals surface area contributed by atoms with Gasteiger partial charge in [-0.05, 0) is 37.6 Å². The first-order valence-corrected chi connectivity index (χ1v) is 12.1. The molecule has 3 rings (SSSR count). The van der Waals surface area contributed by atoms with Crippen molar-refractivity contribution in [2.45, 2.75) is 38.7 Å². The summed E-state index contributed by atoms with van der Waals surface area (Å²) in [5.41, 5.74) is 0.211. The van der Waals surface area contributed by atoms with Crippen LogP contribution in [-0.4, -0.2) is 54.0 Å². The molecule has 0 saturated heterocycles. The Morgan fingerprint density at radius 3 is 2.41 bits per heavy atom. The molecule has 0 aliphatic rings. The number of aryl methyl sites for hydroxylation is 1. The first-order chi connectivity index (χ1) is 16.1. The summed E-state index contributed by atoms with van der Waals surface area (Å²) in [6, 6.07) is 11.0. The summed E-state index contributed by atoms with van der Waals surface area (Å²) in [6.07, 6.45) is -1.22. The lowest BCUT2D eigenvalue weighted by molar-refractivity contribution is -0.123. The van der Waals surface area contributed by atoms with Gasteiger partial charge in [-0.25, -0.2) is 18.3 Å². The van der Waals surface area contributed by atoms with Gasteiger partial charge in [-0.15, -0.1) is 0 Å². The number of nitrogens with zero attached hydrogens (tertiary/aromatic N) is 2. The fourth-order valence-electron chi connectivity index (χ4n) is 3.44. The Bertz CT molecular complexity index is 1400. The average molecular weight is 487 g/mol. The molecule has 34 heavy (non-hydrogen) atoms. The number of nitrogens with one attached hydrogen (secondary N) is 2. The summed E-state index contributed by atoms with van der Waals surface area (Å²) in [7, 11) is -3.73. The highest BCUT2D eigenvalue weighted by molar-refractivity contribution is 7.89. The predicted octanol–water partition coefficient (Wildman–Crippen LogP) is 2.45. The Hall–Kier alpha value is -3.57. The van der Waals surface area contributed by atoms with Gasteiger partial charge >= 0.3 is 5.97 Å². The highest BCUT2D eigenvalue weighted by Crippen LogP contribution is 2.24. The van der Waals surface area contributed by atoms with Crippen LogP contribution in [0.5, 0.6) is 0 Å². The van der Waals surface area contributed by atoms with Crippen molar-refractivity contribution in [1.29, 1.82) is 0 Å². The van der Waals surface area contributed by atoms with Crippen LogP contribution in [0.15, 0.2) is 52.2 Å². The van der Waals surface area contributed by atoms with Gasteiger partial charge in [0.25, 0.3) is 11.5 Å². The minimum Gasteiger partial charge on any atom is -0.448 e. The molecule has 0 radical (unpaired) electrons. The van der Waals surface area contributed by atoms with Crippen molar-refractivity contribution in [3.05, 3.63) is 64.1 Å². The fraction of sp³-hybridized carbons (Fsp3) is 0.304. The Balaban J connectivity index is 1.79. The van der Waals surface area contributed by atoms with Crippen LogP contribution in [0.2, 0.25) is 0 Å². The largest absolute Gasteiger partial charge is 0.448 e. The molecule has 1 amide bonds. The van der Waals surface area contributed by atoms with E-state index in [0.29, 0.717) is 24.0 Å². The molecule has 0 aliphatic heterocycles. The van der Waals surface area contributed by atoms with Crippen LogP contribution in [0.3, 0.4) is 0 Å². The Kier molecular flexibility index (Phi) is 7.48. The van der Waals surface area contributed by atoms with Crippen LogP contribution < -0.4 is 10.9 Å². The van der Waals surface area contributed by atoms with Crippen LogP contribution in [0.25, 0.3) is 10.8 Å². The summed E-state index contributed by atoms with van der Waals surface area (Å²) in [5, 5.41) is 9.16. The number of carbonyl (C=O) groups excluding carboxylic acids is 2. The zero-order chi connectivity index (χ0) is 25.0. The van der Waals surface area contributed by atoms with Gasteiger partial charge in [0.05, 0.1) is 10.3 Å². The van der Waals surface area contributed by atoms with Gasteiger partial charge in [0, 0.05) is 24.2 Å². The number of hydrogen-bond acceptors (Lipinski definition) is 7. The smallest absolute Gasteiger partial charge is 0.360 e. The van der Waals surface area contributed by atoms with E-state index in [0.717, 1.165) is 0 Å². The van der Waals surface area contributed by atoms with E-state index in [-0.39, 0.29) is 21.7 Å². The highest BCUT2D eigenvalue weighted by atomic mass is 32.2. The topological polar surface area (TPSA) is 139 Å². The number of H-pyrrole nitrogens is 1. The van der Waals surface area contributed by atoms with E-state index in [2.05, 4.69) is 15.5 Å². The number of aromatic nitrogens is 2. The number of benzene rings is 2. The number of fused-ring (bicyclic) bond motifs is 1. The van der Waals surface area contributed by atoms with Crippen molar-refractivity contribution in [3.8, 4) is 0 Å². The lowest BCUT2D eigenvalue weighted by Gasteiger charge is -2.20. The summed E-state index contributed by atoms with van der Waals surface area (Å²) in [6.45, 7) is 7.18. The zero-order valence-corrected chi connectivity index (χ0v) is 20.1. The second-order valence-electron chi connectivity index (χ2n) is 7.55. The third kappa shape index (κ3) is 5.00. The first-order valence-electron chi connectivity index (χ1n) is 10.7. The van der Waals surface area contributed by atoms with E-state index >= 15 is 0 Å². The second kappa shape index (κ2) is 10.1. The maximum atomic E-state index is 12.9. The van der Waals surface area contributed by atoms with Crippen molar-refractivity contribution >= 4 is 38.4 Å². The van der Waals surface area contributed by atoms with Gasteiger partial charge in [-0.2, -0.15) is 9.40 Å². The molecule has 2 aromatic carbocycles. The number of sulfonamides is 1. The van der Waals surface area contributed by atoms with Crippen molar-refractivity contribution in [3.63, 3.8) is 0 Å². The van der Waals surface area contributed by atoms with E-state index in [1.165, 1.54) is 17.3 Å². The molecule has 0 spiro atoms. The van der Waals surface area contributed by atoms with E-state index in [1.54, 1.807) is 57.2 Å². The molecule has 1 atom stereocenters. The Morgan fingerprint density at radius 2 is 1.76 bits per heavy atom. The first kappa shape index (κ1) is 25.1. The number of amides is 1. The maximum Gasteiger partial charge on any atom is 0.360 e. The van der Waals surface area contributed by atoms with Crippen molar-refractivity contribution < 1.29 is 22.7 Å². The molecule has 11 heteroatoms. The number of anilines is 1. The standard InChI is InChI=1S/C23H26N4O6S/c1-5-27(6-2)34(31,32)19-13-16(12-11-14(19)3)24-21(28)15(4)33-23(30)20-17-9-7-8-10-18(17)22(29)26-25-20/h7-13,15H,5-6H2,1-4H3,(H,24,28)(H,26,29)/t15-/m1/s1. The van der Waals surface area contributed by atoms with E-state index in [4.69, 9.17) is 4.74 Å². The van der Waals surface area contributed by atoms with Gasteiger partial charge in [-0.1, -0.05) is 38.1 Å². The van der Waals surface area contributed by atoms with Crippen LogP contribution in [0, 0.1) is 6.92 Å². The molecule has 0 saturated carbocycles. The number of rotatable bonds is 8.